The fourth-order valence-electron chi connectivity index (χ4n) is 3.51. The Balaban J connectivity index is 1.74. The summed E-state index contributed by atoms with van der Waals surface area (Å²) in [6.07, 6.45) is 4.09. The lowest BCUT2D eigenvalue weighted by Gasteiger charge is -2.24. The third-order valence-corrected chi connectivity index (χ3v) is 5.39. The van der Waals surface area contributed by atoms with E-state index in [0.717, 1.165) is 28.3 Å². The van der Waals surface area contributed by atoms with Crippen LogP contribution in [0.4, 0.5) is 11.5 Å². The van der Waals surface area contributed by atoms with E-state index in [1.54, 1.807) is 6.07 Å². The summed E-state index contributed by atoms with van der Waals surface area (Å²) in [5.41, 5.74) is 5.78. The molecule has 2 aromatic heterocycles. The number of fused-ring (bicyclic) bond motifs is 1. The van der Waals surface area contributed by atoms with E-state index in [1.165, 1.54) is 17.8 Å². The number of pyridine rings is 1. The number of methoxy groups -OCH3 is 1. The van der Waals surface area contributed by atoms with Crippen LogP contribution in [-0.4, -0.2) is 53.3 Å². The zero-order valence-corrected chi connectivity index (χ0v) is 20.2. The van der Waals surface area contributed by atoms with Crippen molar-refractivity contribution in [2.45, 2.75) is 26.3 Å². The van der Waals surface area contributed by atoms with Gasteiger partial charge in [0.15, 0.2) is 12.3 Å². The van der Waals surface area contributed by atoms with Crippen LogP contribution in [0, 0.1) is 0 Å². The number of carbonyl (C=O) groups excluding carboxylic acids is 2. The molecule has 0 unspecified atom stereocenters. The number of ether oxygens (including phenoxy) is 2. The smallest absolute Gasteiger partial charge is 0.331 e. The van der Waals surface area contributed by atoms with E-state index in [2.05, 4.69) is 9.97 Å². The molecule has 190 valence electrons. The average Bonchev–Trinajstić information content (AvgIpc) is 2.87. The van der Waals surface area contributed by atoms with Gasteiger partial charge in [0.25, 0.3) is 11.5 Å². The molecule has 36 heavy (non-hydrogen) atoms. The molecule has 1 amide bonds. The van der Waals surface area contributed by atoms with Gasteiger partial charge in [0.1, 0.15) is 5.82 Å². The number of esters is 1. The molecular formula is C25H29N5O6. The topological polar surface area (TPSA) is 150 Å². The molecule has 0 aliphatic rings. The average molecular weight is 496 g/mol. The third-order valence-electron chi connectivity index (χ3n) is 5.39. The number of aromatic amines is 1. The van der Waals surface area contributed by atoms with Crippen LogP contribution >= 0.6 is 0 Å². The molecule has 3 aromatic rings. The van der Waals surface area contributed by atoms with Crippen molar-refractivity contribution in [3.63, 3.8) is 0 Å². The monoisotopic (exact) mass is 495 g/mol. The van der Waals surface area contributed by atoms with E-state index < -0.39 is 29.7 Å². The lowest BCUT2D eigenvalue weighted by atomic mass is 10.2. The van der Waals surface area contributed by atoms with Gasteiger partial charge < -0.3 is 15.2 Å². The van der Waals surface area contributed by atoms with Gasteiger partial charge in [-0.25, -0.2) is 14.6 Å². The molecule has 0 atom stereocenters. The van der Waals surface area contributed by atoms with Crippen molar-refractivity contribution in [2.24, 2.45) is 0 Å². The summed E-state index contributed by atoms with van der Waals surface area (Å²) < 4.78 is 11.3. The van der Waals surface area contributed by atoms with Crippen LogP contribution in [0.15, 0.2) is 52.1 Å². The highest BCUT2D eigenvalue weighted by Crippen LogP contribution is 2.18. The molecule has 11 nitrogen and oxygen atoms in total. The number of nitrogens with two attached hydrogens (primary N) is 1. The van der Waals surface area contributed by atoms with Crippen LogP contribution in [-0.2, 0) is 25.6 Å². The number of benzene rings is 1. The van der Waals surface area contributed by atoms with E-state index in [1.807, 2.05) is 37.3 Å². The molecule has 0 saturated heterocycles. The van der Waals surface area contributed by atoms with Crippen molar-refractivity contribution < 1.29 is 19.1 Å². The van der Waals surface area contributed by atoms with Crippen LogP contribution in [0.3, 0.4) is 0 Å². The molecule has 1 aromatic carbocycles. The van der Waals surface area contributed by atoms with Crippen molar-refractivity contribution in [3.8, 4) is 0 Å². The van der Waals surface area contributed by atoms with Crippen LogP contribution in [0.5, 0.6) is 0 Å². The minimum Gasteiger partial charge on any atom is -0.452 e. The Labute approximate surface area is 207 Å². The first kappa shape index (κ1) is 26.4. The number of carbonyl (C=O) groups is 2. The fraction of sp³-hybridized carbons (Fsp3) is 0.320. The summed E-state index contributed by atoms with van der Waals surface area (Å²) in [5, 5.41) is 0.967. The molecule has 11 heteroatoms. The Morgan fingerprint density at radius 3 is 2.72 bits per heavy atom. The van der Waals surface area contributed by atoms with Crippen LogP contribution in [0.1, 0.15) is 25.5 Å². The first-order chi connectivity index (χ1) is 17.3. The number of aromatic nitrogens is 3. The van der Waals surface area contributed by atoms with Gasteiger partial charge in [0.2, 0.25) is 0 Å². The van der Waals surface area contributed by atoms with Crippen molar-refractivity contribution >= 4 is 40.4 Å². The first-order valence-electron chi connectivity index (χ1n) is 11.5. The number of nitrogens with one attached hydrogen (secondary N) is 1. The van der Waals surface area contributed by atoms with Gasteiger partial charge in [-0.2, -0.15) is 0 Å². The van der Waals surface area contributed by atoms with Gasteiger partial charge in [0, 0.05) is 31.7 Å². The second-order valence-electron chi connectivity index (χ2n) is 7.91. The SMILES string of the molecule is CCCCn1c(N)c(N(CCOC)C(=O)COC(=O)/C=C/c2ccc3ccccc3n2)c(=O)[nH]c1=O. The fourth-order valence-corrected chi connectivity index (χ4v) is 3.51. The number of hydrogen-bond donors (Lipinski definition) is 2. The number of amides is 1. The van der Waals surface area contributed by atoms with Crippen LogP contribution < -0.4 is 21.9 Å². The number of anilines is 2. The van der Waals surface area contributed by atoms with Gasteiger partial charge in [-0.05, 0) is 24.6 Å². The molecule has 2 heterocycles. The highest BCUT2D eigenvalue weighted by molar-refractivity contribution is 5.98. The Kier molecular flexibility index (Phi) is 9.12. The quantitative estimate of drug-likeness (QED) is 0.301. The van der Waals surface area contributed by atoms with Gasteiger partial charge >= 0.3 is 11.7 Å². The number of nitrogen functional groups attached to an aromatic ring is 1. The van der Waals surface area contributed by atoms with Crippen molar-refractivity contribution in [2.75, 3.05) is 37.5 Å². The minimum atomic E-state index is -0.816. The normalized spacial score (nSPS) is 11.2. The number of unbranched alkanes of at least 4 members (excludes halogenated alkanes) is 1. The summed E-state index contributed by atoms with van der Waals surface area (Å²) in [6, 6.07) is 11.2. The van der Waals surface area contributed by atoms with E-state index in [4.69, 9.17) is 15.2 Å². The molecule has 0 bridgehead atoms. The second-order valence-corrected chi connectivity index (χ2v) is 7.91. The molecular weight excluding hydrogens is 466 g/mol. The number of nitrogens with zero attached hydrogens (tertiary/aromatic N) is 3. The lowest BCUT2D eigenvalue weighted by molar-refractivity contribution is -0.142. The summed E-state index contributed by atoms with van der Waals surface area (Å²) >= 11 is 0. The van der Waals surface area contributed by atoms with Crippen molar-refractivity contribution in [3.05, 3.63) is 69.0 Å². The first-order valence-corrected chi connectivity index (χ1v) is 11.5. The maximum absolute atomic E-state index is 13.0. The van der Waals surface area contributed by atoms with E-state index in [-0.39, 0.29) is 31.2 Å². The zero-order valence-electron chi connectivity index (χ0n) is 20.2. The van der Waals surface area contributed by atoms with Crippen molar-refractivity contribution in [1.82, 2.24) is 14.5 Å². The number of hydrogen-bond acceptors (Lipinski definition) is 8. The summed E-state index contributed by atoms with van der Waals surface area (Å²) in [7, 11) is 1.43. The third kappa shape index (κ3) is 6.45. The number of H-pyrrole nitrogens is 1. The molecule has 0 saturated carbocycles. The summed E-state index contributed by atoms with van der Waals surface area (Å²) in [6.45, 7) is 1.62. The van der Waals surface area contributed by atoms with Gasteiger partial charge in [-0.3, -0.25) is 24.0 Å². The van der Waals surface area contributed by atoms with Crippen LogP contribution in [0.2, 0.25) is 0 Å². The number of para-hydroxylation sites is 1. The minimum absolute atomic E-state index is 0.0387. The molecule has 0 aliphatic carbocycles. The second kappa shape index (κ2) is 12.5. The van der Waals surface area contributed by atoms with E-state index in [0.29, 0.717) is 12.1 Å². The van der Waals surface area contributed by atoms with Gasteiger partial charge in [-0.15, -0.1) is 0 Å². The molecule has 3 N–H and O–H groups in total. The molecule has 0 spiro atoms. The highest BCUT2D eigenvalue weighted by atomic mass is 16.5. The maximum Gasteiger partial charge on any atom is 0.331 e. The highest BCUT2D eigenvalue weighted by Gasteiger charge is 2.24. The summed E-state index contributed by atoms with van der Waals surface area (Å²) in [5.74, 6) is -1.61. The molecule has 3 rings (SSSR count). The predicted octanol–water partition coefficient (Wildman–Crippen LogP) is 1.70. The van der Waals surface area contributed by atoms with Gasteiger partial charge in [0.05, 0.1) is 17.8 Å². The number of rotatable bonds is 11. The van der Waals surface area contributed by atoms with Gasteiger partial charge in [-0.1, -0.05) is 37.6 Å². The van der Waals surface area contributed by atoms with E-state index in [9.17, 15) is 19.2 Å². The van der Waals surface area contributed by atoms with Crippen molar-refractivity contribution in [1.29, 1.82) is 0 Å². The Morgan fingerprint density at radius 2 is 1.97 bits per heavy atom. The van der Waals surface area contributed by atoms with Crippen LogP contribution in [0.25, 0.3) is 17.0 Å². The lowest BCUT2D eigenvalue weighted by Crippen LogP contribution is -2.44. The van der Waals surface area contributed by atoms with E-state index >= 15 is 0 Å². The summed E-state index contributed by atoms with van der Waals surface area (Å²) in [4.78, 5) is 57.7. The molecule has 0 radical (unpaired) electrons. The Hall–Kier alpha value is -4.25. The molecule has 0 aliphatic heterocycles. The molecule has 0 fully saturated rings. The Morgan fingerprint density at radius 1 is 1.19 bits per heavy atom. The maximum atomic E-state index is 13.0. The Bertz CT molecular complexity index is 1380. The zero-order chi connectivity index (χ0) is 26.1. The predicted molar refractivity (Wildman–Crippen MR) is 137 cm³/mol. The standard InChI is InChI=1S/C25H29N5O6/c1-3-4-13-30-23(26)22(24(33)28-25(30)34)29(14-15-35-2)20(31)16-36-21(32)12-11-18-10-9-17-7-5-6-8-19(17)27-18/h5-12H,3-4,13-16,26H2,1-2H3,(H,28,33,34)/b12-11+. The largest absolute Gasteiger partial charge is 0.452 e.